The summed E-state index contributed by atoms with van der Waals surface area (Å²) < 4.78 is 21.6. The number of aliphatic hydroxyl groups is 2. The number of aliphatic hydroxyl groups excluding tert-OH is 2. The zero-order valence-corrected chi connectivity index (χ0v) is 7.67. The smallest absolute Gasteiger partial charge is 0.152 e. The molecule has 0 aliphatic heterocycles. The summed E-state index contributed by atoms with van der Waals surface area (Å²) in [6, 6.07) is 0. The summed E-state index contributed by atoms with van der Waals surface area (Å²) in [6.07, 6.45) is -1.19. The van der Waals surface area contributed by atoms with Gasteiger partial charge < -0.3 is 10.2 Å². The van der Waals surface area contributed by atoms with Crippen molar-refractivity contribution in [2.24, 2.45) is 0 Å². The summed E-state index contributed by atoms with van der Waals surface area (Å²) in [5.41, 5.74) is 0. The average Bonchev–Trinajstić information content (AvgIpc) is 1.82. The molecule has 68 valence electrons. The minimum atomic E-state index is -3.26. The van der Waals surface area contributed by atoms with Gasteiger partial charge in [-0.05, 0) is 13.8 Å². The largest absolute Gasteiger partial charge is 0.391 e. The Morgan fingerprint density at radius 1 is 1.18 bits per heavy atom. The van der Waals surface area contributed by atoms with Gasteiger partial charge in [0.15, 0.2) is 9.84 Å². The monoisotopic (exact) mass is 182 g/mol. The molecule has 0 saturated carbocycles. The molecule has 0 aromatic heterocycles. The molecule has 0 radical (unpaired) electrons. The van der Waals surface area contributed by atoms with Crippen molar-refractivity contribution in [2.45, 2.75) is 31.3 Å². The Balaban J connectivity index is 4.38. The van der Waals surface area contributed by atoms with Gasteiger partial charge in [0.25, 0.3) is 0 Å². The topological polar surface area (TPSA) is 74.6 Å². The maximum atomic E-state index is 10.8. The van der Waals surface area contributed by atoms with Gasteiger partial charge in [0.2, 0.25) is 0 Å². The number of hydrogen-bond donors (Lipinski definition) is 2. The van der Waals surface area contributed by atoms with Crippen molar-refractivity contribution in [2.75, 3.05) is 6.26 Å². The van der Waals surface area contributed by atoms with Crippen LogP contribution in [0.3, 0.4) is 0 Å². The Labute approximate surface area is 66.8 Å². The lowest BCUT2D eigenvalue weighted by Crippen LogP contribution is -2.38. The summed E-state index contributed by atoms with van der Waals surface area (Å²) >= 11 is 0. The Morgan fingerprint density at radius 3 is 1.64 bits per heavy atom. The maximum absolute atomic E-state index is 10.8. The predicted octanol–water partition coefficient (Wildman–Crippen LogP) is -0.839. The second-order valence-electron chi connectivity index (χ2n) is 2.77. The van der Waals surface area contributed by atoms with E-state index in [2.05, 4.69) is 0 Å². The molecule has 0 heterocycles. The minimum Gasteiger partial charge on any atom is -0.391 e. The second-order valence-corrected chi connectivity index (χ2v) is 5.17. The first-order valence-corrected chi connectivity index (χ1v) is 5.27. The van der Waals surface area contributed by atoms with E-state index in [1.54, 1.807) is 0 Å². The molecular formula is C6H14O4S. The molecule has 0 unspecified atom stereocenters. The Hall–Kier alpha value is -0.130. The van der Waals surface area contributed by atoms with E-state index in [1.165, 1.54) is 13.8 Å². The molecule has 0 aromatic rings. The van der Waals surface area contributed by atoms with Gasteiger partial charge in [0.1, 0.15) is 0 Å². The Bertz CT molecular complexity index is 207. The summed E-state index contributed by atoms with van der Waals surface area (Å²) in [6.45, 7) is 2.72. The van der Waals surface area contributed by atoms with Gasteiger partial charge in [-0.15, -0.1) is 0 Å². The molecule has 0 aliphatic rings. The SMILES string of the molecule is C[C@H](O)[C@H](O)[C@@H](C)S(C)(=O)=O. The summed E-state index contributed by atoms with van der Waals surface area (Å²) in [7, 11) is -3.26. The Morgan fingerprint density at radius 2 is 1.55 bits per heavy atom. The van der Waals surface area contributed by atoms with Crippen LogP contribution in [0.5, 0.6) is 0 Å². The molecule has 4 nitrogen and oxygen atoms in total. The first-order valence-electron chi connectivity index (χ1n) is 3.32. The third-order valence-corrected chi connectivity index (χ3v) is 3.28. The maximum Gasteiger partial charge on any atom is 0.152 e. The van der Waals surface area contributed by atoms with Crippen molar-refractivity contribution >= 4 is 9.84 Å². The Kier molecular flexibility index (Phi) is 3.47. The molecule has 0 saturated heterocycles. The van der Waals surface area contributed by atoms with Crippen molar-refractivity contribution in [3.8, 4) is 0 Å². The highest BCUT2D eigenvalue weighted by Gasteiger charge is 2.27. The highest BCUT2D eigenvalue weighted by atomic mass is 32.2. The molecular weight excluding hydrogens is 168 g/mol. The van der Waals surface area contributed by atoms with E-state index >= 15 is 0 Å². The first kappa shape index (κ1) is 10.9. The molecule has 0 aliphatic carbocycles. The van der Waals surface area contributed by atoms with E-state index in [9.17, 15) is 8.42 Å². The molecule has 3 atom stereocenters. The van der Waals surface area contributed by atoms with E-state index in [-0.39, 0.29) is 0 Å². The van der Waals surface area contributed by atoms with Crippen LogP contribution in [-0.4, -0.2) is 42.3 Å². The summed E-state index contributed by atoms with van der Waals surface area (Å²) in [5.74, 6) is 0. The van der Waals surface area contributed by atoms with Gasteiger partial charge in [-0.1, -0.05) is 0 Å². The van der Waals surface area contributed by atoms with E-state index in [1.807, 2.05) is 0 Å². The van der Waals surface area contributed by atoms with Crippen LogP contribution in [0.15, 0.2) is 0 Å². The first-order chi connectivity index (χ1) is 4.76. The fourth-order valence-electron chi connectivity index (χ4n) is 0.645. The molecule has 0 rings (SSSR count). The second kappa shape index (κ2) is 3.51. The predicted molar refractivity (Wildman–Crippen MR) is 42.0 cm³/mol. The lowest BCUT2D eigenvalue weighted by molar-refractivity contribution is 0.0315. The third kappa shape index (κ3) is 3.18. The van der Waals surface area contributed by atoms with E-state index in [4.69, 9.17) is 10.2 Å². The van der Waals surface area contributed by atoms with Gasteiger partial charge in [-0.25, -0.2) is 8.42 Å². The van der Waals surface area contributed by atoms with Crippen LogP contribution in [-0.2, 0) is 9.84 Å². The van der Waals surface area contributed by atoms with Crippen LogP contribution in [0.4, 0.5) is 0 Å². The van der Waals surface area contributed by atoms with Gasteiger partial charge in [-0.3, -0.25) is 0 Å². The van der Waals surface area contributed by atoms with Crippen molar-refractivity contribution < 1.29 is 18.6 Å². The zero-order valence-electron chi connectivity index (χ0n) is 6.85. The lowest BCUT2D eigenvalue weighted by Gasteiger charge is -2.19. The zero-order chi connectivity index (χ0) is 9.23. The van der Waals surface area contributed by atoms with E-state index < -0.39 is 27.3 Å². The molecule has 5 heteroatoms. The molecule has 0 aromatic carbocycles. The van der Waals surface area contributed by atoms with E-state index in [0.29, 0.717) is 0 Å². The molecule has 0 fully saturated rings. The molecule has 2 N–H and O–H groups in total. The van der Waals surface area contributed by atoms with Crippen molar-refractivity contribution in [3.63, 3.8) is 0 Å². The van der Waals surface area contributed by atoms with Gasteiger partial charge in [0, 0.05) is 6.26 Å². The fourth-order valence-corrected chi connectivity index (χ4v) is 1.38. The molecule has 0 spiro atoms. The van der Waals surface area contributed by atoms with Gasteiger partial charge in [-0.2, -0.15) is 0 Å². The normalized spacial score (nSPS) is 20.8. The van der Waals surface area contributed by atoms with Crippen molar-refractivity contribution in [1.29, 1.82) is 0 Å². The van der Waals surface area contributed by atoms with Crippen molar-refractivity contribution in [1.82, 2.24) is 0 Å². The highest BCUT2D eigenvalue weighted by Crippen LogP contribution is 2.07. The fraction of sp³-hybridized carbons (Fsp3) is 1.00. The van der Waals surface area contributed by atoms with Crippen molar-refractivity contribution in [3.05, 3.63) is 0 Å². The lowest BCUT2D eigenvalue weighted by atomic mass is 10.2. The standard InChI is InChI=1S/C6H14O4S/c1-4(7)6(8)5(2)11(3,9)10/h4-8H,1-3H3/t4-,5+,6-/m0/s1. The summed E-state index contributed by atoms with van der Waals surface area (Å²) in [5, 5.41) is 17.0. The molecule has 0 amide bonds. The van der Waals surface area contributed by atoms with Gasteiger partial charge >= 0.3 is 0 Å². The third-order valence-electron chi connectivity index (χ3n) is 1.65. The molecule has 0 bridgehead atoms. The van der Waals surface area contributed by atoms with Crippen LogP contribution in [0.25, 0.3) is 0 Å². The number of sulfone groups is 1. The van der Waals surface area contributed by atoms with Crippen LogP contribution in [0, 0.1) is 0 Å². The van der Waals surface area contributed by atoms with Crippen LogP contribution in [0.2, 0.25) is 0 Å². The quantitative estimate of drug-likeness (QED) is 0.597. The minimum absolute atomic E-state index is 0.914. The van der Waals surface area contributed by atoms with Crippen LogP contribution < -0.4 is 0 Å². The average molecular weight is 182 g/mol. The number of rotatable bonds is 3. The van der Waals surface area contributed by atoms with Crippen LogP contribution >= 0.6 is 0 Å². The summed E-state index contributed by atoms with van der Waals surface area (Å²) in [4.78, 5) is 0. The van der Waals surface area contributed by atoms with E-state index in [0.717, 1.165) is 6.26 Å². The molecule has 11 heavy (non-hydrogen) atoms. The van der Waals surface area contributed by atoms with Crippen LogP contribution in [0.1, 0.15) is 13.8 Å². The highest BCUT2D eigenvalue weighted by molar-refractivity contribution is 7.91. The van der Waals surface area contributed by atoms with Gasteiger partial charge in [0.05, 0.1) is 17.5 Å². The number of hydrogen-bond acceptors (Lipinski definition) is 4.